The van der Waals surface area contributed by atoms with E-state index in [0.29, 0.717) is 0 Å². The molecule has 3 rings (SSSR count). The maximum Gasteiger partial charge on any atom is 0.0886 e. The van der Waals surface area contributed by atoms with Crippen molar-refractivity contribution in [1.82, 2.24) is 19.6 Å². The van der Waals surface area contributed by atoms with E-state index in [1.807, 2.05) is 41.8 Å². The van der Waals surface area contributed by atoms with E-state index in [1.54, 1.807) is 18.6 Å². The molecule has 0 saturated carbocycles. The number of hydrogen-bond acceptors (Lipinski definition) is 5. The van der Waals surface area contributed by atoms with Crippen molar-refractivity contribution in [3.05, 3.63) is 60.4 Å². The fourth-order valence-corrected chi connectivity index (χ4v) is 1.44. The van der Waals surface area contributed by atoms with E-state index in [2.05, 4.69) is 19.6 Å². The molecule has 4 nitrogen and oxygen atoms in total. The van der Waals surface area contributed by atoms with Gasteiger partial charge >= 0.3 is 0 Å². The molecule has 93 valence electrons. The Morgan fingerprint density at radius 3 is 1.67 bits per heavy atom. The second-order valence-corrected chi connectivity index (χ2v) is 3.66. The molecule has 0 spiro atoms. The SMILES string of the molecule is [Co].c1ccc(-c2ccccn2)nc1.c1csnn1. The average molecular weight is 301 g/mol. The zero-order valence-electron chi connectivity index (χ0n) is 9.30. The second kappa shape index (κ2) is 8.46. The van der Waals surface area contributed by atoms with E-state index in [4.69, 9.17) is 0 Å². The minimum absolute atomic E-state index is 0. The number of rotatable bonds is 1. The van der Waals surface area contributed by atoms with Crippen molar-refractivity contribution in [3.8, 4) is 11.4 Å². The molecule has 1 radical (unpaired) electrons. The molecule has 0 amide bonds. The topological polar surface area (TPSA) is 51.6 Å². The number of pyridine rings is 2. The second-order valence-electron chi connectivity index (χ2n) is 3.02. The third-order valence-electron chi connectivity index (χ3n) is 1.87. The van der Waals surface area contributed by atoms with Gasteiger partial charge in [0.15, 0.2) is 0 Å². The summed E-state index contributed by atoms with van der Waals surface area (Å²) >= 11 is 1.35. The van der Waals surface area contributed by atoms with Crippen molar-refractivity contribution in [1.29, 1.82) is 0 Å². The van der Waals surface area contributed by atoms with Crippen molar-refractivity contribution in [2.45, 2.75) is 0 Å². The summed E-state index contributed by atoms with van der Waals surface area (Å²) in [4.78, 5) is 8.37. The van der Waals surface area contributed by atoms with Crippen LogP contribution in [0.25, 0.3) is 11.4 Å². The van der Waals surface area contributed by atoms with Crippen LogP contribution in [0.15, 0.2) is 60.4 Å². The summed E-state index contributed by atoms with van der Waals surface area (Å²) in [5.41, 5.74) is 1.83. The van der Waals surface area contributed by atoms with Crippen LogP contribution in [0.1, 0.15) is 0 Å². The zero-order chi connectivity index (χ0) is 11.8. The van der Waals surface area contributed by atoms with Gasteiger partial charge in [0.1, 0.15) is 0 Å². The van der Waals surface area contributed by atoms with Crippen LogP contribution in [-0.2, 0) is 16.8 Å². The van der Waals surface area contributed by atoms with Crippen LogP contribution < -0.4 is 0 Å². The van der Waals surface area contributed by atoms with Crippen molar-refractivity contribution in [3.63, 3.8) is 0 Å². The maximum absolute atomic E-state index is 4.19. The fourth-order valence-electron chi connectivity index (χ4n) is 1.16. The van der Waals surface area contributed by atoms with Gasteiger partial charge in [-0.15, -0.1) is 5.10 Å². The van der Waals surface area contributed by atoms with Crippen molar-refractivity contribution < 1.29 is 16.8 Å². The first-order valence-corrected chi connectivity index (χ1v) is 5.84. The summed E-state index contributed by atoms with van der Waals surface area (Å²) in [5.74, 6) is 0. The molecule has 0 atom stereocenters. The van der Waals surface area contributed by atoms with Crippen LogP contribution >= 0.6 is 11.5 Å². The monoisotopic (exact) mass is 301 g/mol. The van der Waals surface area contributed by atoms with E-state index in [9.17, 15) is 0 Å². The number of nitrogens with zero attached hydrogens (tertiary/aromatic N) is 4. The van der Waals surface area contributed by atoms with Gasteiger partial charge in [-0.2, -0.15) is 0 Å². The molecule has 0 fully saturated rings. The van der Waals surface area contributed by atoms with Crippen LogP contribution in [0.2, 0.25) is 0 Å². The van der Waals surface area contributed by atoms with Gasteiger partial charge in [0.25, 0.3) is 0 Å². The molecule has 3 aromatic heterocycles. The molecule has 0 bridgehead atoms. The van der Waals surface area contributed by atoms with E-state index in [1.165, 1.54) is 11.5 Å². The smallest absolute Gasteiger partial charge is 0.0886 e. The normalized spacial score (nSPS) is 8.67. The average Bonchev–Trinajstić information content (AvgIpc) is 3.00. The minimum Gasteiger partial charge on any atom is -0.255 e. The van der Waals surface area contributed by atoms with Crippen LogP contribution in [0.5, 0.6) is 0 Å². The predicted octanol–water partition coefficient (Wildman–Crippen LogP) is 2.68. The molecular weight excluding hydrogens is 291 g/mol. The summed E-state index contributed by atoms with van der Waals surface area (Å²) in [7, 11) is 0. The third kappa shape index (κ3) is 4.70. The molecule has 3 heterocycles. The van der Waals surface area contributed by atoms with Gasteiger partial charge in [0.2, 0.25) is 0 Å². The Bertz CT molecular complexity index is 462. The van der Waals surface area contributed by atoms with Gasteiger partial charge in [-0.05, 0) is 35.8 Å². The summed E-state index contributed by atoms with van der Waals surface area (Å²) in [6, 6.07) is 11.6. The summed E-state index contributed by atoms with van der Waals surface area (Å²) in [5, 5.41) is 5.31. The zero-order valence-corrected chi connectivity index (χ0v) is 11.2. The molecule has 0 aliphatic rings. The molecule has 18 heavy (non-hydrogen) atoms. The van der Waals surface area contributed by atoms with Gasteiger partial charge in [-0.1, -0.05) is 16.6 Å². The Labute approximate surface area is 119 Å². The van der Waals surface area contributed by atoms with E-state index in [0.717, 1.165) is 11.4 Å². The maximum atomic E-state index is 4.19. The first kappa shape index (κ1) is 14.4. The number of hydrogen-bond donors (Lipinski definition) is 0. The first-order valence-electron chi connectivity index (χ1n) is 5.00. The van der Waals surface area contributed by atoms with Crippen LogP contribution in [0.3, 0.4) is 0 Å². The Morgan fingerprint density at radius 1 is 0.778 bits per heavy atom. The van der Waals surface area contributed by atoms with Crippen LogP contribution in [0, 0.1) is 0 Å². The van der Waals surface area contributed by atoms with Gasteiger partial charge in [-0.25, -0.2) is 0 Å². The van der Waals surface area contributed by atoms with Gasteiger partial charge in [-0.3, -0.25) is 9.97 Å². The summed E-state index contributed by atoms with van der Waals surface area (Å²) in [6.07, 6.45) is 5.19. The quantitative estimate of drug-likeness (QED) is 0.693. The fraction of sp³-hybridized carbons (Fsp3) is 0. The molecule has 0 saturated heterocycles. The third-order valence-corrected chi connectivity index (χ3v) is 2.31. The standard InChI is InChI=1S/C10H8N2.C2H2N2S.Co/c1-3-7-11-9(5-1)10-6-2-4-8-12-10;1-2-5-4-3-1;/h1-8H;1-2H;. The Hall–Kier alpha value is -1.63. The van der Waals surface area contributed by atoms with E-state index < -0.39 is 0 Å². The summed E-state index contributed by atoms with van der Waals surface area (Å²) < 4.78 is 3.51. The summed E-state index contributed by atoms with van der Waals surface area (Å²) in [6.45, 7) is 0. The van der Waals surface area contributed by atoms with Crippen LogP contribution in [-0.4, -0.2) is 19.6 Å². The van der Waals surface area contributed by atoms with Crippen molar-refractivity contribution in [2.75, 3.05) is 0 Å². The molecule has 6 heteroatoms. The first-order chi connectivity index (χ1) is 8.47. The predicted molar refractivity (Wildman–Crippen MR) is 67.4 cm³/mol. The molecular formula is C12H10CoN4S. The van der Waals surface area contributed by atoms with E-state index >= 15 is 0 Å². The molecule has 0 aromatic carbocycles. The van der Waals surface area contributed by atoms with Gasteiger partial charge in [0.05, 0.1) is 17.6 Å². The minimum atomic E-state index is 0. The van der Waals surface area contributed by atoms with Crippen molar-refractivity contribution in [2.24, 2.45) is 0 Å². The van der Waals surface area contributed by atoms with Gasteiger partial charge in [0, 0.05) is 34.6 Å². The molecule has 3 aromatic rings. The number of aromatic nitrogens is 4. The van der Waals surface area contributed by atoms with Crippen molar-refractivity contribution >= 4 is 11.5 Å². The molecule has 0 N–H and O–H groups in total. The van der Waals surface area contributed by atoms with Crippen LogP contribution in [0.4, 0.5) is 0 Å². The molecule has 0 aliphatic carbocycles. The van der Waals surface area contributed by atoms with Gasteiger partial charge < -0.3 is 0 Å². The molecule has 0 unspecified atom stereocenters. The molecule has 0 aliphatic heterocycles. The Kier molecular flexibility index (Phi) is 6.78. The Balaban J connectivity index is 0.000000230. The largest absolute Gasteiger partial charge is 0.255 e. The van der Waals surface area contributed by atoms with E-state index in [-0.39, 0.29) is 16.8 Å². The Morgan fingerprint density at radius 2 is 1.39 bits per heavy atom.